The molecule has 0 saturated heterocycles. The molecule has 1 aromatic heterocycles. The van der Waals surface area contributed by atoms with Crippen LogP contribution in [-0.4, -0.2) is 28.8 Å². The first-order valence-electron chi connectivity index (χ1n) is 4.74. The smallest absolute Gasteiger partial charge is 0.320 e. The third-order valence-electron chi connectivity index (χ3n) is 1.57. The SMILES string of the molecule is C=C(C)[NH+]([O-])OCCNC(=O)Nc1cnns1. The minimum Gasteiger partial charge on any atom is -0.595 e. The van der Waals surface area contributed by atoms with E-state index in [1.54, 1.807) is 6.92 Å². The van der Waals surface area contributed by atoms with E-state index in [0.717, 1.165) is 11.5 Å². The Morgan fingerprint density at radius 1 is 1.76 bits per heavy atom. The van der Waals surface area contributed by atoms with Crippen LogP contribution >= 0.6 is 11.5 Å². The van der Waals surface area contributed by atoms with Gasteiger partial charge in [0.2, 0.25) is 0 Å². The molecule has 1 atom stereocenters. The normalized spacial score (nSPS) is 11.9. The summed E-state index contributed by atoms with van der Waals surface area (Å²) in [6.45, 7) is 5.30. The monoisotopic (exact) mass is 259 g/mol. The van der Waals surface area contributed by atoms with Crippen molar-refractivity contribution in [1.82, 2.24) is 14.9 Å². The Kier molecular flexibility index (Phi) is 5.49. The van der Waals surface area contributed by atoms with E-state index in [-0.39, 0.29) is 13.2 Å². The van der Waals surface area contributed by atoms with Gasteiger partial charge in [0.25, 0.3) is 0 Å². The second kappa shape index (κ2) is 6.91. The quantitative estimate of drug-likeness (QED) is 0.472. The molecule has 0 aliphatic heterocycles. The fraction of sp³-hybridized carbons (Fsp3) is 0.375. The molecule has 2 amide bonds. The first kappa shape index (κ1) is 13.5. The average Bonchev–Trinajstić information content (AvgIpc) is 2.76. The first-order chi connectivity index (χ1) is 8.09. The summed E-state index contributed by atoms with van der Waals surface area (Å²) in [4.78, 5) is 16.0. The summed E-state index contributed by atoms with van der Waals surface area (Å²) < 4.78 is 3.58. The zero-order valence-electron chi connectivity index (χ0n) is 9.23. The summed E-state index contributed by atoms with van der Waals surface area (Å²) >= 11 is 1.07. The van der Waals surface area contributed by atoms with Crippen LogP contribution in [0.1, 0.15) is 6.92 Å². The standard InChI is InChI=1S/C8H13N5O3S/c1-6(2)13(15)16-4-3-9-8(14)11-7-5-10-12-17-7/h5,13H,1,3-4H2,2H3,(H2,9,11,14). The second-order valence-corrected chi connectivity index (χ2v) is 3.86. The Labute approximate surface area is 102 Å². The van der Waals surface area contributed by atoms with Gasteiger partial charge in [-0.1, -0.05) is 4.49 Å². The zero-order chi connectivity index (χ0) is 12.7. The summed E-state index contributed by atoms with van der Waals surface area (Å²) in [5.74, 6) is 0. The molecule has 3 N–H and O–H groups in total. The fourth-order valence-electron chi connectivity index (χ4n) is 0.810. The highest BCUT2D eigenvalue weighted by Crippen LogP contribution is 2.07. The molecule has 1 rings (SSSR count). The molecule has 0 aromatic carbocycles. The third kappa shape index (κ3) is 5.36. The molecule has 8 nitrogen and oxygen atoms in total. The van der Waals surface area contributed by atoms with Crippen molar-refractivity contribution in [2.24, 2.45) is 0 Å². The van der Waals surface area contributed by atoms with Gasteiger partial charge in [0.1, 0.15) is 17.3 Å². The van der Waals surface area contributed by atoms with E-state index in [0.29, 0.717) is 10.7 Å². The van der Waals surface area contributed by atoms with Gasteiger partial charge >= 0.3 is 6.03 Å². The molecule has 9 heteroatoms. The lowest BCUT2D eigenvalue weighted by atomic mass is 10.6. The number of hydrogen-bond donors (Lipinski definition) is 3. The number of nitrogens with one attached hydrogen (secondary N) is 3. The van der Waals surface area contributed by atoms with Gasteiger partial charge in [-0.05, 0) is 6.58 Å². The predicted molar refractivity (Wildman–Crippen MR) is 62.0 cm³/mol. The average molecular weight is 259 g/mol. The Morgan fingerprint density at radius 3 is 3.12 bits per heavy atom. The van der Waals surface area contributed by atoms with E-state index in [4.69, 9.17) is 4.84 Å². The van der Waals surface area contributed by atoms with E-state index >= 15 is 0 Å². The van der Waals surface area contributed by atoms with Crippen LogP contribution in [0.3, 0.4) is 0 Å². The van der Waals surface area contributed by atoms with Crippen LogP contribution in [0.5, 0.6) is 0 Å². The van der Waals surface area contributed by atoms with Gasteiger partial charge in [0.15, 0.2) is 0 Å². The molecule has 94 valence electrons. The second-order valence-electron chi connectivity index (χ2n) is 3.08. The largest absolute Gasteiger partial charge is 0.595 e. The number of carbonyl (C=O) groups excluding carboxylic acids is 1. The van der Waals surface area contributed by atoms with E-state index in [1.807, 2.05) is 0 Å². The van der Waals surface area contributed by atoms with Crippen LogP contribution in [0.15, 0.2) is 18.5 Å². The first-order valence-corrected chi connectivity index (χ1v) is 5.52. The van der Waals surface area contributed by atoms with E-state index in [9.17, 15) is 10.0 Å². The van der Waals surface area contributed by atoms with Gasteiger partial charge in [-0.3, -0.25) is 5.32 Å². The lowest BCUT2D eigenvalue weighted by Crippen LogP contribution is -3.03. The van der Waals surface area contributed by atoms with E-state index < -0.39 is 11.3 Å². The molecule has 0 fully saturated rings. The van der Waals surface area contributed by atoms with Crippen molar-refractivity contribution >= 4 is 22.6 Å². The highest BCUT2D eigenvalue weighted by atomic mass is 32.1. The highest BCUT2D eigenvalue weighted by Gasteiger charge is 2.04. The van der Waals surface area contributed by atoms with Gasteiger partial charge < -0.3 is 10.5 Å². The molecule has 17 heavy (non-hydrogen) atoms. The maximum Gasteiger partial charge on any atom is 0.320 e. The van der Waals surface area contributed by atoms with Crippen molar-refractivity contribution in [2.45, 2.75) is 6.92 Å². The molecule has 0 spiro atoms. The number of quaternary nitrogens is 1. The van der Waals surface area contributed by atoms with Gasteiger partial charge in [-0.25, -0.2) is 4.79 Å². The Balaban J connectivity index is 2.10. The lowest BCUT2D eigenvalue weighted by Gasteiger charge is -2.18. The van der Waals surface area contributed by atoms with Gasteiger partial charge in [-0.15, -0.1) is 5.10 Å². The summed E-state index contributed by atoms with van der Waals surface area (Å²) in [6.07, 6.45) is 1.44. The molecular formula is C8H13N5O3S. The van der Waals surface area contributed by atoms with Crippen LogP contribution < -0.4 is 15.9 Å². The molecule has 0 aliphatic carbocycles. The van der Waals surface area contributed by atoms with Crippen LogP contribution in [0, 0.1) is 5.21 Å². The highest BCUT2D eigenvalue weighted by molar-refractivity contribution is 7.10. The Morgan fingerprint density at radius 2 is 2.53 bits per heavy atom. The number of amides is 2. The zero-order valence-corrected chi connectivity index (χ0v) is 10.0. The molecule has 0 saturated carbocycles. The third-order valence-corrected chi connectivity index (χ3v) is 2.15. The minimum atomic E-state index is -0.473. The van der Waals surface area contributed by atoms with Gasteiger partial charge in [0, 0.05) is 25.0 Å². The number of rotatable bonds is 6. The predicted octanol–water partition coefficient (Wildman–Crippen LogP) is -0.492. The summed E-state index contributed by atoms with van der Waals surface area (Å²) in [5, 5.41) is 19.6. The number of urea groups is 1. The number of nitrogens with zero attached hydrogens (tertiary/aromatic N) is 2. The molecule has 1 heterocycles. The minimum absolute atomic E-state index is 0.0973. The number of allylic oxidation sites excluding steroid dienone is 1. The topological polar surface area (TPSA) is 104 Å². The van der Waals surface area contributed by atoms with Crippen molar-refractivity contribution in [1.29, 1.82) is 0 Å². The molecule has 0 bridgehead atoms. The van der Waals surface area contributed by atoms with E-state index in [2.05, 4.69) is 26.8 Å². The molecular weight excluding hydrogens is 246 g/mol. The maximum absolute atomic E-state index is 11.3. The number of aromatic nitrogens is 2. The summed E-state index contributed by atoms with van der Waals surface area (Å²) in [6, 6.07) is -0.401. The van der Waals surface area contributed by atoms with E-state index in [1.165, 1.54) is 6.20 Å². The maximum atomic E-state index is 11.3. The van der Waals surface area contributed by atoms with Crippen LogP contribution in [0.4, 0.5) is 9.80 Å². The van der Waals surface area contributed by atoms with Gasteiger partial charge in [-0.2, -0.15) is 10.1 Å². The van der Waals surface area contributed by atoms with Crippen molar-refractivity contribution in [2.75, 3.05) is 18.5 Å². The number of carbonyl (C=O) groups is 1. The number of anilines is 1. The fourth-order valence-corrected chi connectivity index (χ4v) is 1.22. The molecule has 1 aromatic rings. The van der Waals surface area contributed by atoms with Crippen molar-refractivity contribution in [3.63, 3.8) is 0 Å². The van der Waals surface area contributed by atoms with Crippen molar-refractivity contribution < 1.29 is 14.9 Å². The van der Waals surface area contributed by atoms with Crippen molar-refractivity contribution in [3.05, 3.63) is 23.7 Å². The van der Waals surface area contributed by atoms with Gasteiger partial charge in [0.05, 0.1) is 6.20 Å². The van der Waals surface area contributed by atoms with Crippen LogP contribution in [-0.2, 0) is 4.84 Å². The van der Waals surface area contributed by atoms with Crippen molar-refractivity contribution in [3.8, 4) is 0 Å². The van der Waals surface area contributed by atoms with Crippen LogP contribution in [0.2, 0.25) is 0 Å². The summed E-state index contributed by atoms with van der Waals surface area (Å²) in [7, 11) is 0. The molecule has 0 aliphatic rings. The lowest BCUT2D eigenvalue weighted by molar-refractivity contribution is -1.02. The molecule has 1 unspecified atom stereocenters. The summed E-state index contributed by atoms with van der Waals surface area (Å²) in [5.41, 5.74) is 0.324. The number of hydroxylamine groups is 2. The Hall–Kier alpha value is -1.55. The Bertz CT molecular complexity index is 369. The molecule has 0 radical (unpaired) electrons. The number of hydrogen-bond acceptors (Lipinski definition) is 6. The van der Waals surface area contributed by atoms with Crippen LogP contribution in [0.25, 0.3) is 0 Å².